The van der Waals surface area contributed by atoms with Crippen LogP contribution in [-0.4, -0.2) is 12.7 Å². The van der Waals surface area contributed by atoms with Crippen LogP contribution in [0, 0.1) is 5.92 Å². The number of hydrogen-bond donors (Lipinski definition) is 2. The quantitative estimate of drug-likeness (QED) is 0.619. The van der Waals surface area contributed by atoms with Gasteiger partial charge in [-0.3, -0.25) is 5.84 Å². The number of hydrazine groups is 1. The first-order chi connectivity index (χ1) is 9.26. The van der Waals surface area contributed by atoms with E-state index in [1.165, 1.54) is 32.1 Å². The summed E-state index contributed by atoms with van der Waals surface area (Å²) < 4.78 is 6.82. The summed E-state index contributed by atoms with van der Waals surface area (Å²) in [4.78, 5) is 1.16. The summed E-state index contributed by atoms with van der Waals surface area (Å²) in [7, 11) is 0. The molecule has 1 fully saturated rings. The maximum atomic E-state index is 6.04. The molecule has 2 rings (SSSR count). The average Bonchev–Trinajstić information content (AvgIpc) is 2.86. The van der Waals surface area contributed by atoms with Gasteiger partial charge in [-0.25, -0.2) is 5.43 Å². The van der Waals surface area contributed by atoms with Gasteiger partial charge in [0.05, 0.1) is 16.5 Å². The summed E-state index contributed by atoms with van der Waals surface area (Å²) in [5.41, 5.74) is 2.94. The third kappa shape index (κ3) is 3.92. The molecule has 19 heavy (non-hydrogen) atoms. The number of ether oxygens (including phenoxy) is 1. The van der Waals surface area contributed by atoms with E-state index in [9.17, 15) is 0 Å². The zero-order valence-corrected chi connectivity index (χ0v) is 13.0. The van der Waals surface area contributed by atoms with E-state index in [2.05, 4.69) is 5.43 Å². The number of rotatable bonds is 6. The number of thiophene rings is 1. The molecule has 1 aliphatic carbocycles. The third-order valence-corrected chi connectivity index (χ3v) is 5.20. The Kier molecular flexibility index (Phi) is 6.10. The number of halogens is 1. The second kappa shape index (κ2) is 7.60. The summed E-state index contributed by atoms with van der Waals surface area (Å²) in [6.07, 6.45) is 6.57. The maximum Gasteiger partial charge on any atom is 0.0931 e. The van der Waals surface area contributed by atoms with E-state index in [0.717, 1.165) is 15.8 Å². The predicted octanol–water partition coefficient (Wildman–Crippen LogP) is 3.89. The minimum atomic E-state index is 0.0422. The Hall–Kier alpha value is -0.130. The van der Waals surface area contributed by atoms with Gasteiger partial charge in [-0.05, 0) is 37.8 Å². The van der Waals surface area contributed by atoms with Crippen molar-refractivity contribution in [1.82, 2.24) is 5.43 Å². The second-order valence-corrected chi connectivity index (χ2v) is 6.85. The van der Waals surface area contributed by atoms with Crippen LogP contribution in [0.25, 0.3) is 0 Å². The lowest BCUT2D eigenvalue weighted by atomic mass is 9.82. The highest BCUT2D eigenvalue weighted by Gasteiger charge is 2.32. The molecule has 5 heteroatoms. The summed E-state index contributed by atoms with van der Waals surface area (Å²) in [5, 5.41) is 0. The van der Waals surface area contributed by atoms with E-state index >= 15 is 0 Å². The molecule has 0 amide bonds. The normalized spacial score (nSPS) is 20.4. The molecule has 0 bridgehead atoms. The van der Waals surface area contributed by atoms with E-state index in [-0.39, 0.29) is 12.1 Å². The Morgan fingerprint density at radius 3 is 2.68 bits per heavy atom. The van der Waals surface area contributed by atoms with E-state index in [1.807, 2.05) is 19.1 Å². The zero-order chi connectivity index (χ0) is 13.7. The Morgan fingerprint density at radius 1 is 1.42 bits per heavy atom. The molecule has 0 aromatic carbocycles. The molecule has 1 heterocycles. The first kappa shape index (κ1) is 15.3. The molecule has 0 saturated heterocycles. The summed E-state index contributed by atoms with van der Waals surface area (Å²) in [6.45, 7) is 2.77. The van der Waals surface area contributed by atoms with E-state index in [0.29, 0.717) is 5.92 Å². The van der Waals surface area contributed by atoms with Gasteiger partial charge in [0.1, 0.15) is 0 Å². The fourth-order valence-corrected chi connectivity index (χ4v) is 4.15. The maximum absolute atomic E-state index is 6.04. The smallest absolute Gasteiger partial charge is 0.0931 e. The van der Waals surface area contributed by atoms with Crippen molar-refractivity contribution < 1.29 is 4.74 Å². The van der Waals surface area contributed by atoms with Gasteiger partial charge in [-0.2, -0.15) is 0 Å². The molecule has 1 aliphatic rings. The molecule has 0 spiro atoms. The molecular formula is C14H23ClN2OS. The van der Waals surface area contributed by atoms with Crippen LogP contribution in [-0.2, 0) is 4.74 Å². The van der Waals surface area contributed by atoms with Crippen molar-refractivity contribution in [2.24, 2.45) is 11.8 Å². The molecule has 3 N–H and O–H groups in total. The Balaban J connectivity index is 2.14. The molecule has 3 nitrogen and oxygen atoms in total. The SMILES string of the molecule is CCOC(C1CCCCC1)C(NN)c1ccc(Cl)s1. The van der Waals surface area contributed by atoms with Crippen LogP contribution in [0.4, 0.5) is 0 Å². The monoisotopic (exact) mass is 302 g/mol. The van der Waals surface area contributed by atoms with Crippen molar-refractivity contribution in [2.75, 3.05) is 6.61 Å². The summed E-state index contributed by atoms with van der Waals surface area (Å²) in [6, 6.07) is 4.02. The van der Waals surface area contributed by atoms with Crippen LogP contribution in [0.2, 0.25) is 4.34 Å². The van der Waals surface area contributed by atoms with E-state index in [4.69, 9.17) is 22.2 Å². The fraction of sp³-hybridized carbons (Fsp3) is 0.714. The van der Waals surface area contributed by atoms with Crippen molar-refractivity contribution in [1.29, 1.82) is 0 Å². The van der Waals surface area contributed by atoms with Crippen LogP contribution in [0.15, 0.2) is 12.1 Å². The van der Waals surface area contributed by atoms with Crippen LogP contribution >= 0.6 is 22.9 Å². The highest BCUT2D eigenvalue weighted by Crippen LogP contribution is 2.37. The molecule has 2 unspecified atom stereocenters. The van der Waals surface area contributed by atoms with Gasteiger partial charge < -0.3 is 4.74 Å². The number of nitrogens with two attached hydrogens (primary N) is 1. The zero-order valence-electron chi connectivity index (χ0n) is 11.4. The topological polar surface area (TPSA) is 47.3 Å². The summed E-state index contributed by atoms with van der Waals surface area (Å²) in [5.74, 6) is 6.38. The third-order valence-electron chi connectivity index (χ3n) is 3.88. The molecule has 1 aromatic heterocycles. The lowest BCUT2D eigenvalue weighted by Gasteiger charge is -2.34. The van der Waals surface area contributed by atoms with Gasteiger partial charge in [0.25, 0.3) is 0 Å². The largest absolute Gasteiger partial charge is 0.376 e. The number of nitrogens with one attached hydrogen (secondary N) is 1. The standard InChI is InChI=1S/C14H23ClN2OS/c1-2-18-14(10-6-4-3-5-7-10)13(17-16)11-8-9-12(15)19-11/h8-10,13-14,17H,2-7,16H2,1H3. The minimum absolute atomic E-state index is 0.0422. The van der Waals surface area contributed by atoms with Gasteiger partial charge in [0.2, 0.25) is 0 Å². The molecule has 1 saturated carbocycles. The van der Waals surface area contributed by atoms with Crippen molar-refractivity contribution in [3.63, 3.8) is 0 Å². The van der Waals surface area contributed by atoms with Crippen molar-refractivity contribution in [2.45, 2.75) is 51.2 Å². The highest BCUT2D eigenvalue weighted by molar-refractivity contribution is 7.16. The fourth-order valence-electron chi connectivity index (χ4n) is 2.99. The lowest BCUT2D eigenvalue weighted by molar-refractivity contribution is -0.0176. The average molecular weight is 303 g/mol. The lowest BCUT2D eigenvalue weighted by Crippen LogP contribution is -2.42. The second-order valence-electron chi connectivity index (χ2n) is 5.10. The molecule has 0 radical (unpaired) electrons. The Morgan fingerprint density at radius 2 is 2.16 bits per heavy atom. The van der Waals surface area contributed by atoms with Gasteiger partial charge in [0.15, 0.2) is 0 Å². The predicted molar refractivity (Wildman–Crippen MR) is 81.4 cm³/mol. The van der Waals surface area contributed by atoms with Gasteiger partial charge in [-0.15, -0.1) is 11.3 Å². The van der Waals surface area contributed by atoms with E-state index in [1.54, 1.807) is 11.3 Å². The van der Waals surface area contributed by atoms with Crippen LogP contribution < -0.4 is 11.3 Å². The first-order valence-corrected chi connectivity index (χ1v) is 8.28. The highest BCUT2D eigenvalue weighted by atomic mass is 35.5. The Labute approximate surface area is 124 Å². The first-order valence-electron chi connectivity index (χ1n) is 7.09. The van der Waals surface area contributed by atoms with E-state index < -0.39 is 0 Å². The van der Waals surface area contributed by atoms with Crippen molar-refractivity contribution >= 4 is 22.9 Å². The van der Waals surface area contributed by atoms with Crippen LogP contribution in [0.3, 0.4) is 0 Å². The summed E-state index contributed by atoms with van der Waals surface area (Å²) >= 11 is 7.62. The van der Waals surface area contributed by atoms with Gasteiger partial charge in [0, 0.05) is 11.5 Å². The minimum Gasteiger partial charge on any atom is -0.376 e. The van der Waals surface area contributed by atoms with Crippen molar-refractivity contribution in [3.05, 3.63) is 21.3 Å². The number of hydrogen-bond acceptors (Lipinski definition) is 4. The molecule has 1 aromatic rings. The van der Waals surface area contributed by atoms with Crippen molar-refractivity contribution in [3.8, 4) is 0 Å². The van der Waals surface area contributed by atoms with Gasteiger partial charge in [-0.1, -0.05) is 30.9 Å². The molecule has 108 valence electrons. The van der Waals surface area contributed by atoms with Crippen LogP contribution in [0.1, 0.15) is 49.9 Å². The van der Waals surface area contributed by atoms with Crippen LogP contribution in [0.5, 0.6) is 0 Å². The molecule has 0 aliphatic heterocycles. The Bertz CT molecular complexity index is 379. The molecule has 2 atom stereocenters. The van der Waals surface area contributed by atoms with Gasteiger partial charge >= 0.3 is 0 Å². The molecular weight excluding hydrogens is 280 g/mol.